The van der Waals surface area contributed by atoms with E-state index in [1.807, 2.05) is 6.07 Å². The van der Waals surface area contributed by atoms with Gasteiger partial charge in [-0.15, -0.1) is 0 Å². The zero-order valence-corrected chi connectivity index (χ0v) is 16.6. The highest BCUT2D eigenvalue weighted by atomic mass is 35.5. The van der Waals surface area contributed by atoms with Crippen molar-refractivity contribution in [3.8, 4) is 0 Å². The van der Waals surface area contributed by atoms with Crippen molar-refractivity contribution in [1.82, 2.24) is 15.1 Å². The lowest BCUT2D eigenvalue weighted by molar-refractivity contribution is 0.109. The van der Waals surface area contributed by atoms with Crippen LogP contribution >= 0.6 is 11.6 Å². The van der Waals surface area contributed by atoms with Crippen LogP contribution in [0.25, 0.3) is 0 Å². The molecule has 0 aromatic heterocycles. The molecule has 0 bridgehead atoms. The van der Waals surface area contributed by atoms with Crippen molar-refractivity contribution in [3.63, 3.8) is 0 Å². The maximum Gasteiger partial charge on any atom is 0.0426 e. The zero-order chi connectivity index (χ0) is 17.8. The number of likely N-dealkylation sites (tertiary alicyclic amines) is 1. The van der Waals surface area contributed by atoms with Crippen LogP contribution in [-0.2, 0) is 0 Å². The lowest BCUT2D eigenvalue weighted by Gasteiger charge is -2.42. The molecule has 0 amide bonds. The van der Waals surface area contributed by atoms with E-state index in [0.29, 0.717) is 0 Å². The summed E-state index contributed by atoms with van der Waals surface area (Å²) in [4.78, 5) is 7.82. The monoisotopic (exact) mass is 376 g/mol. The number of rotatable bonds is 5. The fourth-order valence-corrected chi connectivity index (χ4v) is 5.13. The number of hydrogen-bond donors (Lipinski definition) is 1. The summed E-state index contributed by atoms with van der Waals surface area (Å²) in [6.45, 7) is 10.9. The van der Waals surface area contributed by atoms with E-state index in [4.69, 9.17) is 11.6 Å². The molecule has 3 aliphatic rings. The Morgan fingerprint density at radius 2 is 1.85 bits per heavy atom. The average molecular weight is 377 g/mol. The Hall–Kier alpha value is -0.810. The van der Waals surface area contributed by atoms with Gasteiger partial charge in [-0.2, -0.15) is 0 Å². The summed E-state index contributed by atoms with van der Waals surface area (Å²) >= 11 is 6.13. The highest BCUT2D eigenvalue weighted by Gasteiger charge is 2.30. The Labute approximate surface area is 163 Å². The largest absolute Gasteiger partial charge is 0.369 e. The van der Waals surface area contributed by atoms with E-state index in [1.165, 1.54) is 77.2 Å². The van der Waals surface area contributed by atoms with E-state index in [1.54, 1.807) is 0 Å². The second kappa shape index (κ2) is 8.92. The highest BCUT2D eigenvalue weighted by molar-refractivity contribution is 6.30. The summed E-state index contributed by atoms with van der Waals surface area (Å²) in [5, 5.41) is 4.56. The van der Waals surface area contributed by atoms with Gasteiger partial charge in [-0.3, -0.25) is 4.90 Å². The van der Waals surface area contributed by atoms with Gasteiger partial charge in [-0.1, -0.05) is 17.7 Å². The molecule has 0 aliphatic carbocycles. The number of hydrogen-bond acceptors (Lipinski definition) is 4. The van der Waals surface area contributed by atoms with Gasteiger partial charge in [0.15, 0.2) is 0 Å². The molecule has 26 heavy (non-hydrogen) atoms. The van der Waals surface area contributed by atoms with Crippen LogP contribution in [0.4, 0.5) is 5.69 Å². The van der Waals surface area contributed by atoms with Crippen LogP contribution < -0.4 is 10.2 Å². The minimum absolute atomic E-state index is 0.805. The smallest absolute Gasteiger partial charge is 0.0426 e. The van der Waals surface area contributed by atoms with Crippen molar-refractivity contribution in [2.45, 2.75) is 31.7 Å². The molecule has 5 heteroatoms. The van der Waals surface area contributed by atoms with Crippen molar-refractivity contribution in [3.05, 3.63) is 29.3 Å². The summed E-state index contributed by atoms with van der Waals surface area (Å²) in [5.41, 5.74) is 1.26. The predicted molar refractivity (Wildman–Crippen MR) is 110 cm³/mol. The van der Waals surface area contributed by atoms with Crippen molar-refractivity contribution < 1.29 is 0 Å². The number of anilines is 1. The average Bonchev–Trinajstić information content (AvgIpc) is 2.68. The number of benzene rings is 1. The molecule has 3 fully saturated rings. The van der Waals surface area contributed by atoms with Crippen LogP contribution in [0.3, 0.4) is 0 Å². The molecule has 2 atom stereocenters. The molecule has 1 N–H and O–H groups in total. The second-order valence-corrected chi connectivity index (χ2v) is 8.65. The number of nitrogens with one attached hydrogen (secondary N) is 1. The fraction of sp³-hybridized carbons (Fsp3) is 0.714. The minimum Gasteiger partial charge on any atom is -0.369 e. The van der Waals surface area contributed by atoms with Crippen LogP contribution in [0.5, 0.6) is 0 Å². The third kappa shape index (κ3) is 4.72. The van der Waals surface area contributed by atoms with E-state index in [0.717, 1.165) is 30.1 Å². The van der Waals surface area contributed by atoms with Crippen molar-refractivity contribution in [2.75, 3.05) is 63.8 Å². The third-order valence-electron chi connectivity index (χ3n) is 6.47. The van der Waals surface area contributed by atoms with Crippen molar-refractivity contribution in [2.24, 2.45) is 5.92 Å². The molecular weight excluding hydrogens is 344 g/mol. The Morgan fingerprint density at radius 1 is 1.00 bits per heavy atom. The first-order valence-electron chi connectivity index (χ1n) is 10.5. The normalized spacial score (nSPS) is 28.1. The van der Waals surface area contributed by atoms with Gasteiger partial charge in [0.05, 0.1) is 0 Å². The van der Waals surface area contributed by atoms with Crippen LogP contribution in [0.15, 0.2) is 24.3 Å². The SMILES string of the molecule is Clc1cccc(N2CCN(CCCN3CC[C@@H]4NCCC[C@@H]4C3)CC2)c1. The maximum absolute atomic E-state index is 6.13. The number of fused-ring (bicyclic) bond motifs is 1. The first kappa shape index (κ1) is 18.5. The van der Waals surface area contributed by atoms with Gasteiger partial charge in [-0.05, 0) is 76.0 Å². The lowest BCUT2D eigenvalue weighted by atomic mass is 9.85. The number of halogens is 1. The summed E-state index contributed by atoms with van der Waals surface area (Å²) in [6, 6.07) is 9.06. The molecule has 3 aliphatic heterocycles. The second-order valence-electron chi connectivity index (χ2n) is 8.21. The summed E-state index contributed by atoms with van der Waals surface area (Å²) in [7, 11) is 0. The van der Waals surface area contributed by atoms with E-state index in [2.05, 4.69) is 38.2 Å². The summed E-state index contributed by atoms with van der Waals surface area (Å²) < 4.78 is 0. The molecule has 144 valence electrons. The van der Waals surface area contributed by atoms with Crippen molar-refractivity contribution >= 4 is 17.3 Å². The molecule has 1 aromatic rings. The molecule has 0 saturated carbocycles. The van der Waals surface area contributed by atoms with E-state index in [9.17, 15) is 0 Å². The van der Waals surface area contributed by atoms with Gasteiger partial charge < -0.3 is 15.1 Å². The highest BCUT2D eigenvalue weighted by Crippen LogP contribution is 2.25. The van der Waals surface area contributed by atoms with E-state index >= 15 is 0 Å². The number of nitrogens with zero attached hydrogens (tertiary/aromatic N) is 3. The Morgan fingerprint density at radius 3 is 2.69 bits per heavy atom. The van der Waals surface area contributed by atoms with Gasteiger partial charge in [0.25, 0.3) is 0 Å². The van der Waals surface area contributed by atoms with Gasteiger partial charge in [0, 0.05) is 49.5 Å². The Kier molecular flexibility index (Phi) is 6.36. The number of piperidine rings is 2. The third-order valence-corrected chi connectivity index (χ3v) is 6.71. The van der Waals surface area contributed by atoms with E-state index in [-0.39, 0.29) is 0 Å². The summed E-state index contributed by atoms with van der Waals surface area (Å²) in [6.07, 6.45) is 5.45. The molecule has 4 nitrogen and oxygen atoms in total. The van der Waals surface area contributed by atoms with Gasteiger partial charge in [0.2, 0.25) is 0 Å². The molecular formula is C21H33ClN4. The first-order valence-corrected chi connectivity index (χ1v) is 10.8. The zero-order valence-electron chi connectivity index (χ0n) is 15.9. The molecule has 3 saturated heterocycles. The van der Waals surface area contributed by atoms with Crippen LogP contribution in [0.2, 0.25) is 5.02 Å². The van der Waals surface area contributed by atoms with E-state index < -0.39 is 0 Å². The summed E-state index contributed by atoms with van der Waals surface area (Å²) in [5.74, 6) is 0.902. The topological polar surface area (TPSA) is 21.8 Å². The minimum atomic E-state index is 0.805. The van der Waals surface area contributed by atoms with Gasteiger partial charge in [-0.25, -0.2) is 0 Å². The maximum atomic E-state index is 6.13. The fourth-order valence-electron chi connectivity index (χ4n) is 4.94. The molecule has 0 spiro atoms. The molecule has 0 unspecified atom stereocenters. The molecule has 1 aromatic carbocycles. The molecule has 4 rings (SSSR count). The quantitative estimate of drug-likeness (QED) is 0.852. The van der Waals surface area contributed by atoms with Gasteiger partial charge in [0.1, 0.15) is 0 Å². The molecule has 0 radical (unpaired) electrons. The van der Waals surface area contributed by atoms with Crippen LogP contribution in [-0.4, -0.2) is 74.7 Å². The lowest BCUT2D eigenvalue weighted by Crippen LogP contribution is -2.52. The number of piperazine rings is 1. The first-order chi connectivity index (χ1) is 12.8. The molecule has 3 heterocycles. The van der Waals surface area contributed by atoms with Gasteiger partial charge >= 0.3 is 0 Å². The Bertz CT molecular complexity index is 573. The van der Waals surface area contributed by atoms with Crippen LogP contribution in [0, 0.1) is 5.92 Å². The Balaban J connectivity index is 1.15. The predicted octanol–water partition coefficient (Wildman–Crippen LogP) is 2.93. The van der Waals surface area contributed by atoms with Crippen molar-refractivity contribution in [1.29, 1.82) is 0 Å². The standard InChI is InChI=1S/C21H33ClN4/c22-19-5-1-6-20(16-19)26-14-12-24(13-15-26)9-3-10-25-11-7-21-18(17-25)4-2-8-23-21/h1,5-6,16,18,21,23H,2-4,7-15,17H2/t18-,21+/m1/s1. The van der Waals surface area contributed by atoms with Crippen LogP contribution in [0.1, 0.15) is 25.7 Å².